The Balaban J connectivity index is 2.21. The fourth-order valence-corrected chi connectivity index (χ4v) is 2.55. The van der Waals surface area contributed by atoms with Crippen molar-refractivity contribution in [2.24, 2.45) is 0 Å². The van der Waals surface area contributed by atoms with E-state index in [1.807, 2.05) is 0 Å². The molecule has 15 heavy (non-hydrogen) atoms. The maximum atomic E-state index is 5.11. The van der Waals surface area contributed by atoms with Crippen LogP contribution in [0.25, 0.3) is 10.1 Å². The first-order valence-corrected chi connectivity index (χ1v) is 5.91. The average Bonchev–Trinajstić information content (AvgIpc) is 2.62. The maximum absolute atomic E-state index is 5.11. The number of methoxy groups -OCH3 is 1. The van der Waals surface area contributed by atoms with E-state index in [0.29, 0.717) is 6.04 Å². The van der Waals surface area contributed by atoms with Gasteiger partial charge in [0.15, 0.2) is 0 Å². The van der Waals surface area contributed by atoms with Crippen LogP contribution in [0.4, 0.5) is 5.69 Å². The van der Waals surface area contributed by atoms with Crippen LogP contribution in [-0.2, 0) is 4.74 Å². The van der Waals surface area contributed by atoms with Crippen molar-refractivity contribution in [3.8, 4) is 0 Å². The Morgan fingerprint density at radius 1 is 1.40 bits per heavy atom. The predicted molar refractivity (Wildman–Crippen MR) is 66.8 cm³/mol. The molecule has 80 valence electrons. The van der Waals surface area contributed by atoms with Crippen LogP contribution in [0.3, 0.4) is 0 Å². The van der Waals surface area contributed by atoms with E-state index < -0.39 is 0 Å². The molecule has 2 rings (SSSR count). The second-order valence-electron chi connectivity index (χ2n) is 3.65. The van der Waals surface area contributed by atoms with Gasteiger partial charge in [0, 0.05) is 28.6 Å². The van der Waals surface area contributed by atoms with Crippen molar-refractivity contribution < 1.29 is 4.74 Å². The molecule has 0 aliphatic heterocycles. The van der Waals surface area contributed by atoms with Gasteiger partial charge in [-0.1, -0.05) is 18.2 Å². The molecule has 0 saturated carbocycles. The number of benzene rings is 1. The van der Waals surface area contributed by atoms with Crippen molar-refractivity contribution in [1.82, 2.24) is 0 Å². The van der Waals surface area contributed by atoms with E-state index in [9.17, 15) is 0 Å². The topological polar surface area (TPSA) is 21.3 Å². The van der Waals surface area contributed by atoms with Crippen LogP contribution in [0.1, 0.15) is 6.92 Å². The fourth-order valence-electron chi connectivity index (χ4n) is 1.65. The summed E-state index contributed by atoms with van der Waals surface area (Å²) < 4.78 is 6.43. The van der Waals surface area contributed by atoms with Gasteiger partial charge in [-0.05, 0) is 13.0 Å². The molecule has 1 N–H and O–H groups in total. The van der Waals surface area contributed by atoms with Crippen LogP contribution in [0.5, 0.6) is 0 Å². The van der Waals surface area contributed by atoms with Crippen LogP contribution < -0.4 is 5.32 Å². The number of nitrogens with one attached hydrogen (secondary N) is 1. The normalized spacial score (nSPS) is 12.9. The van der Waals surface area contributed by atoms with Crippen LogP contribution in [-0.4, -0.2) is 19.8 Å². The SMILES string of the molecule is COCC(C)Nc1csc2ccccc12. The third-order valence-electron chi connectivity index (χ3n) is 2.30. The molecule has 1 aromatic carbocycles. The molecule has 0 bridgehead atoms. The van der Waals surface area contributed by atoms with E-state index in [0.717, 1.165) is 6.61 Å². The standard InChI is InChI=1S/C12H15NOS/c1-9(7-14-2)13-11-8-15-12-6-4-3-5-10(11)12/h3-6,8-9,13H,7H2,1-2H3. The first-order chi connectivity index (χ1) is 7.31. The highest BCUT2D eigenvalue weighted by atomic mass is 32.1. The summed E-state index contributed by atoms with van der Waals surface area (Å²) in [5, 5.41) is 6.91. The highest BCUT2D eigenvalue weighted by molar-refractivity contribution is 7.17. The lowest BCUT2D eigenvalue weighted by molar-refractivity contribution is 0.190. The third-order valence-corrected chi connectivity index (χ3v) is 3.26. The molecule has 0 amide bonds. The Kier molecular flexibility index (Phi) is 3.23. The zero-order valence-corrected chi connectivity index (χ0v) is 9.80. The van der Waals surface area contributed by atoms with Gasteiger partial charge in [-0.25, -0.2) is 0 Å². The van der Waals surface area contributed by atoms with Crippen LogP contribution in [0, 0.1) is 0 Å². The van der Waals surface area contributed by atoms with Crippen molar-refractivity contribution in [2.75, 3.05) is 19.0 Å². The van der Waals surface area contributed by atoms with Crippen molar-refractivity contribution in [3.05, 3.63) is 29.6 Å². The highest BCUT2D eigenvalue weighted by Gasteiger charge is 2.06. The smallest absolute Gasteiger partial charge is 0.0661 e. The summed E-state index contributed by atoms with van der Waals surface area (Å²) in [6.45, 7) is 2.85. The lowest BCUT2D eigenvalue weighted by Crippen LogP contribution is -2.20. The molecule has 3 heteroatoms. The van der Waals surface area contributed by atoms with Gasteiger partial charge in [-0.3, -0.25) is 0 Å². The van der Waals surface area contributed by atoms with E-state index >= 15 is 0 Å². The zero-order chi connectivity index (χ0) is 10.7. The highest BCUT2D eigenvalue weighted by Crippen LogP contribution is 2.30. The summed E-state index contributed by atoms with van der Waals surface area (Å²) in [5.41, 5.74) is 1.21. The molecule has 1 aromatic heterocycles. The summed E-state index contributed by atoms with van der Waals surface area (Å²) in [6, 6.07) is 8.77. The lowest BCUT2D eigenvalue weighted by Gasteiger charge is -2.13. The summed E-state index contributed by atoms with van der Waals surface area (Å²) in [7, 11) is 1.73. The molecular weight excluding hydrogens is 206 g/mol. The Morgan fingerprint density at radius 3 is 3.00 bits per heavy atom. The zero-order valence-electron chi connectivity index (χ0n) is 8.99. The van der Waals surface area contributed by atoms with Gasteiger partial charge in [0.2, 0.25) is 0 Å². The molecule has 0 aliphatic rings. The minimum atomic E-state index is 0.341. The molecular formula is C12H15NOS. The number of hydrogen-bond donors (Lipinski definition) is 1. The number of hydrogen-bond acceptors (Lipinski definition) is 3. The summed E-state index contributed by atoms with van der Waals surface area (Å²) in [6.07, 6.45) is 0. The molecule has 0 saturated heterocycles. The molecule has 1 heterocycles. The van der Waals surface area contributed by atoms with E-state index in [-0.39, 0.29) is 0 Å². The van der Waals surface area contributed by atoms with Crippen molar-refractivity contribution in [2.45, 2.75) is 13.0 Å². The van der Waals surface area contributed by atoms with Gasteiger partial charge in [-0.2, -0.15) is 0 Å². The van der Waals surface area contributed by atoms with Gasteiger partial charge in [-0.15, -0.1) is 11.3 Å². The van der Waals surface area contributed by atoms with E-state index in [4.69, 9.17) is 4.74 Å². The first-order valence-electron chi connectivity index (χ1n) is 5.03. The second kappa shape index (κ2) is 4.64. The van der Waals surface area contributed by atoms with E-state index in [1.54, 1.807) is 18.4 Å². The number of anilines is 1. The molecule has 1 unspecified atom stereocenters. The molecule has 2 nitrogen and oxygen atoms in total. The number of rotatable bonds is 4. The number of ether oxygens (including phenoxy) is 1. The molecule has 1 atom stereocenters. The second-order valence-corrected chi connectivity index (χ2v) is 4.56. The van der Waals surface area contributed by atoms with Crippen LogP contribution >= 0.6 is 11.3 Å². The third kappa shape index (κ3) is 2.30. The quantitative estimate of drug-likeness (QED) is 0.855. The fraction of sp³-hybridized carbons (Fsp3) is 0.333. The number of thiophene rings is 1. The van der Waals surface area contributed by atoms with Gasteiger partial charge >= 0.3 is 0 Å². The van der Waals surface area contributed by atoms with Crippen molar-refractivity contribution in [3.63, 3.8) is 0 Å². The van der Waals surface area contributed by atoms with Crippen LogP contribution in [0.15, 0.2) is 29.6 Å². The Bertz CT molecular complexity index is 438. The van der Waals surface area contributed by atoms with Crippen molar-refractivity contribution >= 4 is 27.1 Å². The lowest BCUT2D eigenvalue weighted by atomic mass is 10.2. The Morgan fingerprint density at radius 2 is 2.20 bits per heavy atom. The van der Waals surface area contributed by atoms with Gasteiger partial charge in [0.05, 0.1) is 12.3 Å². The minimum Gasteiger partial charge on any atom is -0.383 e. The molecule has 0 spiro atoms. The van der Waals surface area contributed by atoms with Gasteiger partial charge in [0.1, 0.15) is 0 Å². The number of fused-ring (bicyclic) bond motifs is 1. The van der Waals surface area contributed by atoms with Gasteiger partial charge < -0.3 is 10.1 Å². The molecule has 0 aliphatic carbocycles. The average molecular weight is 221 g/mol. The molecule has 0 radical (unpaired) electrons. The van der Waals surface area contributed by atoms with Crippen molar-refractivity contribution in [1.29, 1.82) is 0 Å². The Labute approximate surface area is 93.9 Å². The summed E-state index contributed by atoms with van der Waals surface area (Å²) in [4.78, 5) is 0. The Hall–Kier alpha value is -1.06. The monoisotopic (exact) mass is 221 g/mol. The first kappa shape index (κ1) is 10.5. The van der Waals surface area contributed by atoms with E-state index in [1.165, 1.54) is 15.8 Å². The molecule has 2 aromatic rings. The van der Waals surface area contributed by atoms with E-state index in [2.05, 4.69) is 41.9 Å². The largest absolute Gasteiger partial charge is 0.383 e. The summed E-state index contributed by atoms with van der Waals surface area (Å²) >= 11 is 1.77. The maximum Gasteiger partial charge on any atom is 0.0661 e. The van der Waals surface area contributed by atoms with Crippen LogP contribution in [0.2, 0.25) is 0 Å². The predicted octanol–water partition coefficient (Wildman–Crippen LogP) is 3.35. The molecule has 0 fully saturated rings. The minimum absolute atomic E-state index is 0.341. The summed E-state index contributed by atoms with van der Waals surface area (Å²) in [5.74, 6) is 0. The van der Waals surface area contributed by atoms with Gasteiger partial charge in [0.25, 0.3) is 0 Å².